The number of nitrogens with one attached hydrogen (secondary N) is 2. The molecule has 1 fully saturated rings. The van der Waals surface area contributed by atoms with Gasteiger partial charge in [0.05, 0.1) is 11.0 Å². The van der Waals surface area contributed by atoms with Crippen LogP contribution in [0, 0.1) is 5.92 Å². The summed E-state index contributed by atoms with van der Waals surface area (Å²) in [5, 5.41) is 6.71. The topological polar surface area (TPSA) is 59.0 Å². The predicted molar refractivity (Wildman–Crippen MR) is 115 cm³/mol. The molecule has 0 spiro atoms. The van der Waals surface area contributed by atoms with Crippen molar-refractivity contribution in [2.24, 2.45) is 13.0 Å². The van der Waals surface area contributed by atoms with Crippen LogP contribution in [-0.4, -0.2) is 28.0 Å². The van der Waals surface area contributed by atoms with Crippen molar-refractivity contribution in [2.45, 2.75) is 31.8 Å². The molecule has 1 saturated heterocycles. The minimum Gasteiger partial charge on any atom is -0.342 e. The highest BCUT2D eigenvalue weighted by atomic mass is 35.5. The number of para-hydroxylation sites is 2. The maximum Gasteiger partial charge on any atom is 0.224 e. The molecule has 1 aliphatic heterocycles. The van der Waals surface area contributed by atoms with E-state index in [1.807, 2.05) is 43.4 Å². The number of aryl methyl sites for hydroxylation is 1. The van der Waals surface area contributed by atoms with E-state index in [0.29, 0.717) is 6.04 Å². The zero-order valence-corrected chi connectivity index (χ0v) is 17.1. The highest BCUT2D eigenvalue weighted by molar-refractivity contribution is 5.85. The predicted octanol–water partition coefficient (Wildman–Crippen LogP) is 3.59. The number of imidazole rings is 1. The second kappa shape index (κ2) is 8.76. The van der Waals surface area contributed by atoms with Crippen molar-refractivity contribution in [3.8, 4) is 0 Å². The number of halogens is 1. The summed E-state index contributed by atoms with van der Waals surface area (Å²) in [7, 11) is 2.01. The van der Waals surface area contributed by atoms with Crippen LogP contribution < -0.4 is 10.6 Å². The van der Waals surface area contributed by atoms with Gasteiger partial charge in [-0.3, -0.25) is 4.79 Å². The fourth-order valence-corrected chi connectivity index (χ4v) is 3.99. The van der Waals surface area contributed by atoms with E-state index < -0.39 is 0 Å². The molecule has 3 aromatic rings. The second-order valence-corrected chi connectivity index (χ2v) is 7.45. The quantitative estimate of drug-likeness (QED) is 0.706. The van der Waals surface area contributed by atoms with Gasteiger partial charge in [-0.05, 0) is 44.0 Å². The van der Waals surface area contributed by atoms with Gasteiger partial charge in [-0.25, -0.2) is 4.98 Å². The van der Waals surface area contributed by atoms with Crippen LogP contribution in [0.25, 0.3) is 11.0 Å². The Labute approximate surface area is 172 Å². The second-order valence-electron chi connectivity index (χ2n) is 7.45. The van der Waals surface area contributed by atoms with E-state index in [2.05, 4.69) is 40.3 Å². The number of aromatic nitrogens is 2. The number of hydrogen-bond acceptors (Lipinski definition) is 3. The molecule has 1 aromatic heterocycles. The number of carbonyl (C=O) groups is 1. The standard InChI is InChI=1S/C22H26N4O.ClH/c1-15-14-17(12-13-23-15)22(27)25-20(16-8-4-3-5-9-16)21-24-18-10-6-7-11-19(18)26(21)2;/h3-11,15,17,20,23H,12-14H2,1-2H3,(H,25,27);1H/t15-,17-,20?;/m0./s1. The van der Waals surface area contributed by atoms with Crippen molar-refractivity contribution < 1.29 is 4.79 Å². The van der Waals surface area contributed by atoms with E-state index >= 15 is 0 Å². The third-order valence-electron chi connectivity index (χ3n) is 5.49. The highest BCUT2D eigenvalue weighted by Crippen LogP contribution is 2.26. The first-order valence-corrected chi connectivity index (χ1v) is 9.63. The summed E-state index contributed by atoms with van der Waals surface area (Å²) in [6.45, 7) is 3.03. The number of fused-ring (bicyclic) bond motifs is 1. The Morgan fingerprint density at radius 3 is 2.61 bits per heavy atom. The van der Waals surface area contributed by atoms with Gasteiger partial charge in [0.15, 0.2) is 0 Å². The third kappa shape index (κ3) is 4.05. The average molecular weight is 399 g/mol. The van der Waals surface area contributed by atoms with Crippen LogP contribution in [0.3, 0.4) is 0 Å². The Hall–Kier alpha value is -2.37. The fraction of sp³-hybridized carbons (Fsp3) is 0.364. The Morgan fingerprint density at radius 1 is 1.18 bits per heavy atom. The smallest absolute Gasteiger partial charge is 0.224 e. The summed E-state index contributed by atoms with van der Waals surface area (Å²) in [4.78, 5) is 17.9. The maximum atomic E-state index is 13.1. The van der Waals surface area contributed by atoms with Gasteiger partial charge in [0, 0.05) is 19.0 Å². The van der Waals surface area contributed by atoms with Crippen LogP contribution in [0.4, 0.5) is 0 Å². The number of rotatable bonds is 4. The van der Waals surface area contributed by atoms with Gasteiger partial charge in [-0.15, -0.1) is 12.4 Å². The number of piperidine rings is 1. The molecule has 6 heteroatoms. The molecule has 2 N–H and O–H groups in total. The number of hydrogen-bond donors (Lipinski definition) is 2. The van der Waals surface area contributed by atoms with Crippen LogP contribution in [0.2, 0.25) is 0 Å². The van der Waals surface area contributed by atoms with Gasteiger partial charge in [0.1, 0.15) is 11.9 Å². The molecule has 148 valence electrons. The minimum absolute atomic E-state index is 0. The lowest BCUT2D eigenvalue weighted by Crippen LogP contribution is -2.43. The molecule has 2 heterocycles. The van der Waals surface area contributed by atoms with Crippen LogP contribution >= 0.6 is 12.4 Å². The molecular weight excluding hydrogens is 372 g/mol. The molecule has 1 aliphatic rings. The van der Waals surface area contributed by atoms with Crippen LogP contribution in [-0.2, 0) is 11.8 Å². The lowest BCUT2D eigenvalue weighted by atomic mass is 9.92. The first-order chi connectivity index (χ1) is 13.1. The first-order valence-electron chi connectivity index (χ1n) is 9.63. The number of amides is 1. The van der Waals surface area contributed by atoms with Crippen LogP contribution in [0.5, 0.6) is 0 Å². The van der Waals surface area contributed by atoms with Crippen molar-refractivity contribution in [2.75, 3.05) is 6.54 Å². The summed E-state index contributed by atoms with van der Waals surface area (Å²) in [5.74, 6) is 1.02. The van der Waals surface area contributed by atoms with Gasteiger partial charge in [-0.2, -0.15) is 0 Å². The van der Waals surface area contributed by atoms with Gasteiger partial charge < -0.3 is 15.2 Å². The summed E-state index contributed by atoms with van der Waals surface area (Å²) in [6, 6.07) is 18.3. The molecular formula is C22H27ClN4O. The first kappa shape index (κ1) is 20.4. The van der Waals surface area contributed by atoms with Gasteiger partial charge >= 0.3 is 0 Å². The normalized spacial score (nSPS) is 20.4. The van der Waals surface area contributed by atoms with Crippen molar-refractivity contribution in [3.63, 3.8) is 0 Å². The summed E-state index contributed by atoms with van der Waals surface area (Å²) in [6.07, 6.45) is 1.75. The number of nitrogens with zero attached hydrogens (tertiary/aromatic N) is 2. The minimum atomic E-state index is -0.263. The van der Waals surface area contributed by atoms with Crippen LogP contribution in [0.1, 0.15) is 37.2 Å². The highest BCUT2D eigenvalue weighted by Gasteiger charge is 2.29. The van der Waals surface area contributed by atoms with E-state index in [4.69, 9.17) is 4.98 Å². The summed E-state index contributed by atoms with van der Waals surface area (Å²) >= 11 is 0. The van der Waals surface area contributed by atoms with Gasteiger partial charge in [-0.1, -0.05) is 42.5 Å². The molecule has 0 bridgehead atoms. The molecule has 3 atom stereocenters. The lowest BCUT2D eigenvalue weighted by Gasteiger charge is -2.29. The van der Waals surface area contributed by atoms with E-state index in [-0.39, 0.29) is 30.3 Å². The zero-order valence-electron chi connectivity index (χ0n) is 16.3. The Morgan fingerprint density at radius 2 is 1.89 bits per heavy atom. The van der Waals surface area contributed by atoms with E-state index in [9.17, 15) is 4.79 Å². The SMILES string of the molecule is C[C@H]1C[C@@H](C(=O)NC(c2ccccc2)c2nc3ccccc3n2C)CCN1.Cl. The van der Waals surface area contributed by atoms with Gasteiger partial charge in [0.25, 0.3) is 0 Å². The van der Waals surface area contributed by atoms with Crippen molar-refractivity contribution >= 4 is 29.3 Å². The van der Waals surface area contributed by atoms with Crippen LogP contribution in [0.15, 0.2) is 54.6 Å². The molecule has 28 heavy (non-hydrogen) atoms. The molecule has 1 unspecified atom stereocenters. The number of benzene rings is 2. The monoisotopic (exact) mass is 398 g/mol. The summed E-state index contributed by atoms with van der Waals surface area (Å²) < 4.78 is 2.08. The van der Waals surface area contributed by atoms with E-state index in [1.165, 1.54) is 0 Å². The molecule has 0 radical (unpaired) electrons. The van der Waals surface area contributed by atoms with E-state index in [0.717, 1.165) is 41.8 Å². The lowest BCUT2D eigenvalue weighted by molar-refractivity contribution is -0.126. The van der Waals surface area contributed by atoms with E-state index in [1.54, 1.807) is 0 Å². The molecule has 4 rings (SSSR count). The Balaban J connectivity index is 0.00000225. The fourth-order valence-electron chi connectivity index (χ4n) is 3.99. The Kier molecular flexibility index (Phi) is 6.37. The zero-order chi connectivity index (χ0) is 18.8. The average Bonchev–Trinajstić information content (AvgIpc) is 3.03. The molecule has 5 nitrogen and oxygen atoms in total. The molecule has 0 saturated carbocycles. The third-order valence-corrected chi connectivity index (χ3v) is 5.49. The Bertz CT molecular complexity index is 940. The van der Waals surface area contributed by atoms with Crippen molar-refractivity contribution in [3.05, 3.63) is 66.0 Å². The molecule has 1 amide bonds. The number of carbonyl (C=O) groups excluding carboxylic acids is 1. The summed E-state index contributed by atoms with van der Waals surface area (Å²) in [5.41, 5.74) is 3.06. The van der Waals surface area contributed by atoms with Crippen molar-refractivity contribution in [1.82, 2.24) is 20.2 Å². The van der Waals surface area contributed by atoms with Gasteiger partial charge in [0.2, 0.25) is 5.91 Å². The van der Waals surface area contributed by atoms with Crippen molar-refractivity contribution in [1.29, 1.82) is 0 Å². The largest absolute Gasteiger partial charge is 0.342 e. The molecule has 0 aliphatic carbocycles. The molecule has 2 aromatic carbocycles. The maximum absolute atomic E-state index is 13.1.